The summed E-state index contributed by atoms with van der Waals surface area (Å²) in [4.78, 5) is 12.3. The molecule has 1 aliphatic rings. The molecule has 1 aromatic rings. The number of aryl methyl sites for hydroxylation is 1. The molecule has 1 aliphatic heterocycles. The van der Waals surface area contributed by atoms with Gasteiger partial charge in [-0.1, -0.05) is 12.8 Å². The number of carbonyl (C=O) groups is 1. The zero-order valence-corrected chi connectivity index (χ0v) is 14.1. The first kappa shape index (κ1) is 15.0. The fourth-order valence-electron chi connectivity index (χ4n) is 2.28. The van der Waals surface area contributed by atoms with E-state index in [-0.39, 0.29) is 11.9 Å². The van der Waals surface area contributed by atoms with Gasteiger partial charge in [0, 0.05) is 8.95 Å². The summed E-state index contributed by atoms with van der Waals surface area (Å²) in [5.74, 6) is 0.0483. The standard InChI is InChI=1S/C14H18Br2N2O/c1-9-7-10(15)13(11(16)8-9)18-14(19)12-5-3-2-4-6-17-12/h7-8,12,17H,2-6H2,1H3,(H,18,19). The summed E-state index contributed by atoms with van der Waals surface area (Å²) in [6, 6.07) is 3.92. The summed E-state index contributed by atoms with van der Waals surface area (Å²) < 4.78 is 1.81. The van der Waals surface area contributed by atoms with E-state index in [0.717, 1.165) is 46.0 Å². The van der Waals surface area contributed by atoms with Crippen LogP contribution in [0.5, 0.6) is 0 Å². The Morgan fingerprint density at radius 3 is 2.63 bits per heavy atom. The first-order chi connectivity index (χ1) is 9.08. The van der Waals surface area contributed by atoms with Crippen molar-refractivity contribution in [2.45, 2.75) is 38.6 Å². The van der Waals surface area contributed by atoms with Crippen molar-refractivity contribution in [2.24, 2.45) is 0 Å². The molecule has 1 amide bonds. The first-order valence-electron chi connectivity index (χ1n) is 6.58. The lowest BCUT2D eigenvalue weighted by atomic mass is 10.1. The van der Waals surface area contributed by atoms with Gasteiger partial charge in [0.15, 0.2) is 0 Å². The number of rotatable bonds is 2. The molecule has 19 heavy (non-hydrogen) atoms. The highest BCUT2D eigenvalue weighted by atomic mass is 79.9. The molecular weight excluding hydrogens is 372 g/mol. The van der Waals surface area contributed by atoms with Crippen LogP contribution in [-0.2, 0) is 4.79 Å². The Bertz CT molecular complexity index is 446. The summed E-state index contributed by atoms with van der Waals surface area (Å²) in [7, 11) is 0. The molecule has 1 atom stereocenters. The molecule has 0 radical (unpaired) electrons. The van der Waals surface area contributed by atoms with Gasteiger partial charge in [-0.15, -0.1) is 0 Å². The Balaban J connectivity index is 2.10. The lowest BCUT2D eigenvalue weighted by Gasteiger charge is -2.17. The van der Waals surface area contributed by atoms with Crippen molar-refractivity contribution >= 4 is 43.5 Å². The molecule has 0 spiro atoms. The predicted molar refractivity (Wildman–Crippen MR) is 85.5 cm³/mol. The number of hydrogen-bond donors (Lipinski definition) is 2. The highest BCUT2D eigenvalue weighted by molar-refractivity contribution is 9.11. The molecule has 2 N–H and O–H groups in total. The molecule has 5 heteroatoms. The molecule has 1 fully saturated rings. The maximum Gasteiger partial charge on any atom is 0.241 e. The second-order valence-corrected chi connectivity index (χ2v) is 6.66. The van der Waals surface area contributed by atoms with Crippen LogP contribution in [0, 0.1) is 6.92 Å². The molecule has 2 rings (SSSR count). The van der Waals surface area contributed by atoms with Crippen molar-refractivity contribution in [3.63, 3.8) is 0 Å². The van der Waals surface area contributed by atoms with Gasteiger partial charge in [-0.2, -0.15) is 0 Å². The van der Waals surface area contributed by atoms with Gasteiger partial charge in [-0.25, -0.2) is 0 Å². The van der Waals surface area contributed by atoms with Crippen molar-refractivity contribution in [3.05, 3.63) is 26.6 Å². The normalized spacial score (nSPS) is 19.8. The number of anilines is 1. The summed E-state index contributed by atoms with van der Waals surface area (Å²) in [5.41, 5.74) is 1.95. The van der Waals surface area contributed by atoms with Crippen molar-refractivity contribution in [1.82, 2.24) is 5.32 Å². The highest BCUT2D eigenvalue weighted by Gasteiger charge is 2.21. The third-order valence-corrected chi connectivity index (χ3v) is 4.56. The number of amides is 1. The van der Waals surface area contributed by atoms with Crippen LogP contribution in [-0.4, -0.2) is 18.5 Å². The average Bonchev–Trinajstić information content (AvgIpc) is 2.62. The molecule has 0 aliphatic carbocycles. The number of nitrogens with one attached hydrogen (secondary N) is 2. The molecule has 1 heterocycles. The molecular formula is C14H18Br2N2O. The average molecular weight is 390 g/mol. The quantitative estimate of drug-likeness (QED) is 0.802. The molecule has 0 bridgehead atoms. The van der Waals surface area contributed by atoms with Crippen LogP contribution in [0.2, 0.25) is 0 Å². The van der Waals surface area contributed by atoms with E-state index in [9.17, 15) is 4.79 Å². The molecule has 3 nitrogen and oxygen atoms in total. The minimum Gasteiger partial charge on any atom is -0.323 e. The van der Waals surface area contributed by atoms with E-state index in [2.05, 4.69) is 42.5 Å². The lowest BCUT2D eigenvalue weighted by molar-refractivity contribution is -0.118. The van der Waals surface area contributed by atoms with Crippen LogP contribution in [0.1, 0.15) is 31.2 Å². The maximum absolute atomic E-state index is 12.3. The largest absolute Gasteiger partial charge is 0.323 e. The van der Waals surface area contributed by atoms with Gasteiger partial charge >= 0.3 is 0 Å². The van der Waals surface area contributed by atoms with Gasteiger partial charge < -0.3 is 10.6 Å². The van der Waals surface area contributed by atoms with Crippen LogP contribution >= 0.6 is 31.9 Å². The lowest BCUT2D eigenvalue weighted by Crippen LogP contribution is -2.40. The fourth-order valence-corrected chi connectivity index (χ4v) is 3.90. The van der Waals surface area contributed by atoms with Crippen LogP contribution in [0.3, 0.4) is 0 Å². The van der Waals surface area contributed by atoms with E-state index < -0.39 is 0 Å². The van der Waals surface area contributed by atoms with Crippen LogP contribution in [0.25, 0.3) is 0 Å². The predicted octanol–water partition coefficient (Wildman–Crippen LogP) is 3.99. The van der Waals surface area contributed by atoms with Gasteiger partial charge in [0.1, 0.15) is 0 Å². The molecule has 1 saturated heterocycles. The SMILES string of the molecule is Cc1cc(Br)c(NC(=O)C2CCCCCN2)c(Br)c1. The van der Waals surface area contributed by atoms with Crippen molar-refractivity contribution in [2.75, 3.05) is 11.9 Å². The Labute approximate surface area is 130 Å². The molecule has 104 valence electrons. The zero-order valence-electron chi connectivity index (χ0n) is 10.9. The maximum atomic E-state index is 12.3. The zero-order chi connectivity index (χ0) is 13.8. The third kappa shape index (κ3) is 4.04. The van der Waals surface area contributed by atoms with Gasteiger partial charge in [0.2, 0.25) is 5.91 Å². The van der Waals surface area contributed by atoms with E-state index in [1.165, 1.54) is 6.42 Å². The molecule has 0 aromatic heterocycles. The fraction of sp³-hybridized carbons (Fsp3) is 0.500. The van der Waals surface area contributed by atoms with Crippen LogP contribution in [0.4, 0.5) is 5.69 Å². The van der Waals surface area contributed by atoms with Gasteiger partial charge in [-0.3, -0.25) is 4.79 Å². The smallest absolute Gasteiger partial charge is 0.241 e. The minimum absolute atomic E-state index is 0.0483. The topological polar surface area (TPSA) is 41.1 Å². The Hall–Kier alpha value is -0.390. The third-order valence-electron chi connectivity index (χ3n) is 3.31. The molecule has 1 aromatic carbocycles. The van der Waals surface area contributed by atoms with Crippen LogP contribution < -0.4 is 10.6 Å². The molecule has 1 unspecified atom stereocenters. The van der Waals surface area contributed by atoms with Gasteiger partial charge in [-0.05, 0) is 75.9 Å². The minimum atomic E-state index is -0.0809. The van der Waals surface area contributed by atoms with Crippen molar-refractivity contribution in [1.29, 1.82) is 0 Å². The summed E-state index contributed by atoms with van der Waals surface area (Å²) in [6.07, 6.45) is 4.38. The number of benzene rings is 1. The first-order valence-corrected chi connectivity index (χ1v) is 8.16. The van der Waals surface area contributed by atoms with Crippen molar-refractivity contribution in [3.8, 4) is 0 Å². The second kappa shape index (κ2) is 6.86. The molecule has 0 saturated carbocycles. The monoisotopic (exact) mass is 388 g/mol. The Morgan fingerprint density at radius 2 is 1.95 bits per heavy atom. The van der Waals surface area contributed by atoms with E-state index in [0.29, 0.717) is 0 Å². The summed E-state index contributed by atoms with van der Waals surface area (Å²) in [5, 5.41) is 6.32. The van der Waals surface area contributed by atoms with Crippen molar-refractivity contribution < 1.29 is 4.79 Å². The number of carbonyl (C=O) groups excluding carboxylic acids is 1. The van der Waals surface area contributed by atoms with Gasteiger partial charge in [0.25, 0.3) is 0 Å². The second-order valence-electron chi connectivity index (χ2n) is 4.95. The Kier molecular flexibility index (Phi) is 5.42. The van der Waals surface area contributed by atoms with E-state index in [1.54, 1.807) is 0 Å². The van der Waals surface area contributed by atoms with Gasteiger partial charge in [0.05, 0.1) is 11.7 Å². The summed E-state index contributed by atoms with van der Waals surface area (Å²) in [6.45, 7) is 2.95. The number of hydrogen-bond acceptors (Lipinski definition) is 2. The van der Waals surface area contributed by atoms with E-state index in [4.69, 9.17) is 0 Å². The van der Waals surface area contributed by atoms with Crippen LogP contribution in [0.15, 0.2) is 21.1 Å². The summed E-state index contributed by atoms with van der Waals surface area (Å²) >= 11 is 7.00. The van der Waals surface area contributed by atoms with E-state index >= 15 is 0 Å². The Morgan fingerprint density at radius 1 is 1.26 bits per heavy atom. The van der Waals surface area contributed by atoms with E-state index in [1.807, 2.05) is 19.1 Å². The number of halogens is 2. The highest BCUT2D eigenvalue weighted by Crippen LogP contribution is 2.32.